The van der Waals surface area contributed by atoms with E-state index in [0.717, 1.165) is 5.56 Å². The summed E-state index contributed by atoms with van der Waals surface area (Å²) >= 11 is 6.17. The summed E-state index contributed by atoms with van der Waals surface area (Å²) < 4.78 is 5.26. The predicted molar refractivity (Wildman–Crippen MR) is 77.9 cm³/mol. The molecule has 2 rings (SSSR count). The van der Waals surface area contributed by atoms with Gasteiger partial charge in [0.05, 0.1) is 13.1 Å². The van der Waals surface area contributed by atoms with Crippen LogP contribution in [0.15, 0.2) is 18.2 Å². The highest BCUT2D eigenvalue weighted by Gasteiger charge is 2.47. The Labute approximate surface area is 124 Å². The van der Waals surface area contributed by atoms with E-state index in [0.29, 0.717) is 10.6 Å². The largest absolute Gasteiger partial charge is 0.444 e. The monoisotopic (exact) mass is 297 g/mol. The minimum absolute atomic E-state index is 0.199. The molecule has 1 heterocycles. The first-order valence-corrected chi connectivity index (χ1v) is 6.95. The van der Waals surface area contributed by atoms with Gasteiger partial charge in [0, 0.05) is 10.6 Å². The quantitative estimate of drug-likeness (QED) is 0.866. The fourth-order valence-electron chi connectivity index (χ4n) is 2.21. The van der Waals surface area contributed by atoms with Gasteiger partial charge in [0.2, 0.25) is 0 Å². The molecule has 1 aromatic rings. The third kappa shape index (κ3) is 3.07. The van der Waals surface area contributed by atoms with Crippen molar-refractivity contribution in [2.24, 2.45) is 0 Å². The van der Waals surface area contributed by atoms with Gasteiger partial charge < -0.3 is 14.7 Å². The van der Waals surface area contributed by atoms with Crippen LogP contribution in [0.25, 0.3) is 0 Å². The van der Waals surface area contributed by atoms with Crippen molar-refractivity contribution in [3.05, 3.63) is 34.3 Å². The van der Waals surface area contributed by atoms with Crippen LogP contribution in [0, 0.1) is 6.92 Å². The lowest BCUT2D eigenvalue weighted by Gasteiger charge is -2.46. The van der Waals surface area contributed by atoms with Gasteiger partial charge in [-0.2, -0.15) is 0 Å². The highest BCUT2D eigenvalue weighted by molar-refractivity contribution is 6.31. The number of ether oxygens (including phenoxy) is 1. The zero-order valence-corrected chi connectivity index (χ0v) is 13.0. The number of carbonyl (C=O) groups is 1. The molecule has 20 heavy (non-hydrogen) atoms. The van der Waals surface area contributed by atoms with Crippen molar-refractivity contribution < 1.29 is 14.6 Å². The summed E-state index contributed by atoms with van der Waals surface area (Å²) in [5.41, 5.74) is 0.0730. The first-order chi connectivity index (χ1) is 9.11. The number of β-amino-alcohol motifs (C(OH)–C–C–N with tert-alkyl or cyclic N) is 1. The van der Waals surface area contributed by atoms with Crippen molar-refractivity contribution >= 4 is 17.7 Å². The molecule has 1 aromatic carbocycles. The summed E-state index contributed by atoms with van der Waals surface area (Å²) in [4.78, 5) is 13.3. The van der Waals surface area contributed by atoms with Crippen molar-refractivity contribution in [2.75, 3.05) is 13.1 Å². The number of amides is 1. The third-order valence-electron chi connectivity index (χ3n) is 3.18. The number of likely N-dealkylation sites (tertiary alicyclic amines) is 1. The van der Waals surface area contributed by atoms with Crippen molar-refractivity contribution in [3.63, 3.8) is 0 Å². The van der Waals surface area contributed by atoms with E-state index in [2.05, 4.69) is 0 Å². The van der Waals surface area contributed by atoms with Crippen LogP contribution in [-0.2, 0) is 10.3 Å². The van der Waals surface area contributed by atoms with Gasteiger partial charge in [-0.3, -0.25) is 0 Å². The number of nitrogens with zero attached hydrogens (tertiary/aromatic N) is 1. The van der Waals surface area contributed by atoms with Gasteiger partial charge in [0.15, 0.2) is 0 Å². The number of halogens is 1. The molecule has 1 saturated heterocycles. The molecule has 1 N–H and O–H groups in total. The van der Waals surface area contributed by atoms with E-state index in [1.807, 2.05) is 45.9 Å². The van der Waals surface area contributed by atoms with Crippen molar-refractivity contribution in [2.45, 2.75) is 38.9 Å². The maximum atomic E-state index is 11.9. The van der Waals surface area contributed by atoms with E-state index in [1.54, 1.807) is 0 Å². The minimum Gasteiger partial charge on any atom is -0.444 e. The summed E-state index contributed by atoms with van der Waals surface area (Å²) in [6.07, 6.45) is -0.412. The van der Waals surface area contributed by atoms with Crippen LogP contribution >= 0.6 is 11.6 Å². The number of aliphatic hydroxyl groups is 1. The zero-order valence-electron chi connectivity index (χ0n) is 12.2. The van der Waals surface area contributed by atoms with Gasteiger partial charge in [-0.25, -0.2) is 4.79 Å². The first-order valence-electron chi connectivity index (χ1n) is 6.58. The maximum Gasteiger partial charge on any atom is 0.410 e. The van der Waals surface area contributed by atoms with Crippen molar-refractivity contribution in [1.82, 2.24) is 4.90 Å². The van der Waals surface area contributed by atoms with Gasteiger partial charge in [0.25, 0.3) is 0 Å². The van der Waals surface area contributed by atoms with E-state index in [4.69, 9.17) is 16.3 Å². The molecule has 0 saturated carbocycles. The van der Waals surface area contributed by atoms with Crippen LogP contribution in [0.3, 0.4) is 0 Å². The number of aryl methyl sites for hydroxylation is 1. The Kier molecular flexibility index (Phi) is 3.73. The molecule has 1 aliphatic rings. The summed E-state index contributed by atoms with van der Waals surface area (Å²) in [6.45, 7) is 7.78. The minimum atomic E-state index is -1.08. The van der Waals surface area contributed by atoms with E-state index < -0.39 is 17.3 Å². The molecule has 0 radical (unpaired) electrons. The molecular formula is C15H20ClNO3. The molecule has 1 fully saturated rings. The smallest absolute Gasteiger partial charge is 0.410 e. The SMILES string of the molecule is Cc1ccc(C2(O)CN(C(=O)OC(C)(C)C)C2)c(Cl)c1. The zero-order chi connectivity index (χ0) is 15.1. The molecular weight excluding hydrogens is 278 g/mol. The highest BCUT2D eigenvalue weighted by atomic mass is 35.5. The van der Waals surface area contributed by atoms with Crippen LogP contribution in [0.5, 0.6) is 0 Å². The maximum absolute atomic E-state index is 11.9. The normalized spacial score (nSPS) is 17.6. The van der Waals surface area contributed by atoms with Crippen LogP contribution in [0.2, 0.25) is 5.02 Å². The van der Waals surface area contributed by atoms with E-state index in [1.165, 1.54) is 4.90 Å². The molecule has 110 valence electrons. The van der Waals surface area contributed by atoms with Gasteiger partial charge in [0.1, 0.15) is 11.2 Å². The average Bonchev–Trinajstić information content (AvgIpc) is 2.22. The van der Waals surface area contributed by atoms with Crippen LogP contribution in [0.1, 0.15) is 31.9 Å². The molecule has 0 bridgehead atoms. The number of benzene rings is 1. The molecule has 0 aliphatic carbocycles. The van der Waals surface area contributed by atoms with E-state index >= 15 is 0 Å². The fraction of sp³-hybridized carbons (Fsp3) is 0.533. The number of rotatable bonds is 1. The molecule has 0 unspecified atom stereocenters. The van der Waals surface area contributed by atoms with Crippen LogP contribution in [-0.4, -0.2) is 34.8 Å². The number of hydrogen-bond donors (Lipinski definition) is 1. The van der Waals surface area contributed by atoms with Crippen molar-refractivity contribution in [3.8, 4) is 0 Å². The first kappa shape index (κ1) is 15.1. The second kappa shape index (κ2) is 4.93. The Hall–Kier alpha value is -1.26. The molecule has 1 aliphatic heterocycles. The Morgan fingerprint density at radius 1 is 1.40 bits per heavy atom. The molecule has 0 aromatic heterocycles. The average molecular weight is 298 g/mol. The van der Waals surface area contributed by atoms with Gasteiger partial charge in [-0.15, -0.1) is 0 Å². The van der Waals surface area contributed by atoms with Crippen LogP contribution in [0.4, 0.5) is 4.79 Å². The van der Waals surface area contributed by atoms with Gasteiger partial charge >= 0.3 is 6.09 Å². The van der Waals surface area contributed by atoms with E-state index in [9.17, 15) is 9.90 Å². The van der Waals surface area contributed by atoms with Gasteiger partial charge in [-0.1, -0.05) is 23.7 Å². The van der Waals surface area contributed by atoms with E-state index in [-0.39, 0.29) is 13.1 Å². The lowest BCUT2D eigenvalue weighted by atomic mass is 9.86. The van der Waals surface area contributed by atoms with Crippen LogP contribution < -0.4 is 0 Å². The topological polar surface area (TPSA) is 49.8 Å². The highest BCUT2D eigenvalue weighted by Crippen LogP contribution is 2.37. The summed E-state index contributed by atoms with van der Waals surface area (Å²) in [5, 5.41) is 11.1. The lowest BCUT2D eigenvalue weighted by molar-refractivity contribution is -0.103. The standard InChI is InChI=1S/C15H20ClNO3/c1-10-5-6-11(12(16)7-10)15(19)8-17(9-15)13(18)20-14(2,3)4/h5-7,19H,8-9H2,1-4H3. The summed E-state index contributed by atoms with van der Waals surface area (Å²) in [7, 11) is 0. The second-order valence-electron chi connectivity index (χ2n) is 6.35. The lowest BCUT2D eigenvalue weighted by Crippen LogP contribution is -2.62. The van der Waals surface area contributed by atoms with Crippen molar-refractivity contribution in [1.29, 1.82) is 0 Å². The Balaban J connectivity index is 2.05. The Morgan fingerprint density at radius 2 is 2.00 bits per heavy atom. The summed E-state index contributed by atoms with van der Waals surface area (Å²) in [5.74, 6) is 0. The molecule has 0 atom stereocenters. The summed E-state index contributed by atoms with van der Waals surface area (Å²) in [6, 6.07) is 5.52. The molecule has 5 heteroatoms. The number of hydrogen-bond acceptors (Lipinski definition) is 3. The Morgan fingerprint density at radius 3 is 2.50 bits per heavy atom. The van der Waals surface area contributed by atoms with Gasteiger partial charge in [-0.05, 0) is 39.3 Å². The number of carbonyl (C=O) groups excluding carboxylic acids is 1. The Bertz CT molecular complexity index is 530. The predicted octanol–water partition coefficient (Wildman–Crippen LogP) is 3.09. The molecule has 1 amide bonds. The second-order valence-corrected chi connectivity index (χ2v) is 6.76. The fourth-order valence-corrected chi connectivity index (χ4v) is 2.62. The molecule has 4 nitrogen and oxygen atoms in total. The third-order valence-corrected chi connectivity index (χ3v) is 3.50. The molecule has 0 spiro atoms.